The summed E-state index contributed by atoms with van der Waals surface area (Å²) in [6.07, 6.45) is 28.1. The Labute approximate surface area is 226 Å². The largest absolute Gasteiger partial charge is 0.0544 e. The lowest BCUT2D eigenvalue weighted by Crippen LogP contribution is -2.51. The first kappa shape index (κ1) is 22.0. The van der Waals surface area contributed by atoms with Crippen molar-refractivity contribution in [3.63, 3.8) is 0 Å². The molecule has 0 unspecified atom stereocenters. The zero-order chi connectivity index (χ0) is 24.1. The third-order valence-electron chi connectivity index (χ3n) is 15.3. The minimum absolute atomic E-state index is 0.550. The van der Waals surface area contributed by atoms with Crippen molar-refractivity contribution in [3.8, 4) is 0 Å². The van der Waals surface area contributed by atoms with Crippen LogP contribution >= 0.6 is 0 Å². The molecule has 13 rings (SSSR count). The van der Waals surface area contributed by atoms with Crippen LogP contribution in [0.25, 0.3) is 0 Å². The zero-order valence-electron chi connectivity index (χ0n) is 23.6. The van der Waals surface area contributed by atoms with Crippen LogP contribution in [0.1, 0.15) is 138 Å². The van der Waals surface area contributed by atoms with Gasteiger partial charge >= 0.3 is 0 Å². The molecule has 0 amide bonds. The second-order valence-corrected chi connectivity index (χ2v) is 17.8. The number of hydrogen-bond acceptors (Lipinski definition) is 0. The highest BCUT2D eigenvalue weighted by atomic mass is 14.6. The minimum atomic E-state index is 0.550. The SMILES string of the molecule is Cc1c(C23CC4CC(CC(C4)C2)C3)cc(C23CC4CC(CC(C4)C2)C3)cc1C12CC3CC(CC(C3)C1)C2. The summed E-state index contributed by atoms with van der Waals surface area (Å²) < 4.78 is 0. The molecular formula is C37H50. The van der Waals surface area contributed by atoms with Crippen molar-refractivity contribution < 1.29 is 0 Å². The topological polar surface area (TPSA) is 0 Å². The fourth-order valence-corrected chi connectivity index (χ4v) is 15.5. The number of hydrogen-bond donors (Lipinski definition) is 0. The number of benzene rings is 1. The summed E-state index contributed by atoms with van der Waals surface area (Å²) in [7, 11) is 0. The van der Waals surface area contributed by atoms with Crippen LogP contribution in [0.2, 0.25) is 0 Å². The van der Waals surface area contributed by atoms with E-state index in [2.05, 4.69) is 19.1 Å². The monoisotopic (exact) mass is 494 g/mol. The fourth-order valence-electron chi connectivity index (χ4n) is 15.5. The third kappa shape index (κ3) is 2.98. The molecule has 0 nitrogen and oxygen atoms in total. The molecule has 1 aromatic rings. The average Bonchev–Trinajstić information content (AvgIpc) is 2.81. The molecule has 12 saturated carbocycles. The summed E-state index contributed by atoms with van der Waals surface area (Å²) in [5.74, 6) is 9.48. The second kappa shape index (κ2) is 7.10. The normalized spacial score (nSPS) is 56.0. The molecule has 0 heterocycles. The first-order valence-corrected chi connectivity index (χ1v) is 17.1. The lowest BCUT2D eigenvalue weighted by Gasteiger charge is -2.60. The van der Waals surface area contributed by atoms with Gasteiger partial charge in [0.05, 0.1) is 0 Å². The van der Waals surface area contributed by atoms with E-state index in [4.69, 9.17) is 0 Å². The lowest BCUT2D eigenvalue weighted by molar-refractivity contribution is -0.0120. The molecule has 0 N–H and O–H groups in total. The summed E-state index contributed by atoms with van der Waals surface area (Å²) in [5, 5.41) is 0. The van der Waals surface area contributed by atoms with Crippen LogP contribution in [0.15, 0.2) is 12.1 Å². The Hall–Kier alpha value is -0.780. The van der Waals surface area contributed by atoms with Crippen molar-refractivity contribution in [2.24, 2.45) is 53.3 Å². The molecular weight excluding hydrogens is 444 g/mol. The van der Waals surface area contributed by atoms with Gasteiger partial charge in [-0.15, -0.1) is 0 Å². The van der Waals surface area contributed by atoms with Gasteiger partial charge in [0.15, 0.2) is 0 Å². The highest BCUT2D eigenvalue weighted by Gasteiger charge is 2.57. The predicted molar refractivity (Wildman–Crippen MR) is 151 cm³/mol. The highest BCUT2D eigenvalue weighted by Crippen LogP contribution is 2.66. The first-order chi connectivity index (χ1) is 17.9. The van der Waals surface area contributed by atoms with Gasteiger partial charge in [-0.2, -0.15) is 0 Å². The van der Waals surface area contributed by atoms with Crippen LogP contribution in [-0.2, 0) is 16.2 Å². The van der Waals surface area contributed by atoms with E-state index in [0.717, 1.165) is 53.3 Å². The van der Waals surface area contributed by atoms with E-state index in [1.54, 1.807) is 116 Å². The zero-order valence-corrected chi connectivity index (χ0v) is 23.6. The van der Waals surface area contributed by atoms with Crippen LogP contribution < -0.4 is 0 Å². The van der Waals surface area contributed by atoms with Gasteiger partial charge in [-0.05, 0) is 214 Å². The quantitative estimate of drug-likeness (QED) is 0.392. The summed E-state index contributed by atoms with van der Waals surface area (Å²) in [6.45, 7) is 2.66. The molecule has 198 valence electrons. The molecule has 0 aromatic heterocycles. The van der Waals surface area contributed by atoms with Gasteiger partial charge in [-0.3, -0.25) is 0 Å². The molecule has 0 radical (unpaired) electrons. The van der Waals surface area contributed by atoms with Crippen LogP contribution in [0.3, 0.4) is 0 Å². The van der Waals surface area contributed by atoms with Crippen molar-refractivity contribution in [2.75, 3.05) is 0 Å². The third-order valence-corrected chi connectivity index (χ3v) is 15.3. The smallest absolute Gasteiger partial charge is 0.00362 e. The molecule has 0 saturated heterocycles. The van der Waals surface area contributed by atoms with E-state index in [1.165, 1.54) is 0 Å². The summed E-state index contributed by atoms with van der Waals surface area (Å²) in [4.78, 5) is 0. The molecule has 12 bridgehead atoms. The van der Waals surface area contributed by atoms with E-state index in [-0.39, 0.29) is 0 Å². The van der Waals surface area contributed by atoms with Crippen LogP contribution in [-0.4, -0.2) is 0 Å². The Kier molecular flexibility index (Phi) is 4.22. The van der Waals surface area contributed by atoms with Crippen molar-refractivity contribution in [1.82, 2.24) is 0 Å². The maximum atomic E-state index is 2.96. The maximum absolute atomic E-state index is 2.96. The van der Waals surface area contributed by atoms with Crippen molar-refractivity contribution in [3.05, 3.63) is 34.4 Å². The molecule has 0 heteroatoms. The van der Waals surface area contributed by atoms with E-state index in [9.17, 15) is 0 Å². The summed E-state index contributed by atoms with van der Waals surface area (Å²) in [5.41, 5.74) is 9.25. The molecule has 12 fully saturated rings. The van der Waals surface area contributed by atoms with Gasteiger partial charge in [0.25, 0.3) is 0 Å². The van der Waals surface area contributed by atoms with Gasteiger partial charge in [0.2, 0.25) is 0 Å². The Balaban J connectivity index is 1.17. The lowest BCUT2D eigenvalue weighted by atomic mass is 9.44. The highest BCUT2D eigenvalue weighted by molar-refractivity contribution is 5.51. The molecule has 0 atom stereocenters. The van der Waals surface area contributed by atoms with E-state index in [1.807, 2.05) is 22.3 Å². The standard InChI is InChI=1S/C37H50/c1-22-33(36-16-26-5-27(17-36)7-28(6-26)18-36)11-32(35-13-23-2-24(14-35)4-25(3-23)15-35)12-34(22)37-19-29-8-30(20-37)10-31(9-29)21-37/h11-12,23-31H,2-10,13-21H2,1H3. The van der Waals surface area contributed by atoms with E-state index in [0.29, 0.717) is 16.2 Å². The van der Waals surface area contributed by atoms with Gasteiger partial charge in [-0.25, -0.2) is 0 Å². The molecule has 37 heavy (non-hydrogen) atoms. The van der Waals surface area contributed by atoms with Gasteiger partial charge < -0.3 is 0 Å². The van der Waals surface area contributed by atoms with Crippen molar-refractivity contribution >= 4 is 0 Å². The first-order valence-electron chi connectivity index (χ1n) is 17.1. The fraction of sp³-hybridized carbons (Fsp3) is 0.838. The number of rotatable bonds is 3. The van der Waals surface area contributed by atoms with Crippen molar-refractivity contribution in [1.29, 1.82) is 0 Å². The van der Waals surface area contributed by atoms with Crippen molar-refractivity contribution in [2.45, 2.75) is 139 Å². The van der Waals surface area contributed by atoms with Gasteiger partial charge in [0.1, 0.15) is 0 Å². The molecule has 0 spiro atoms. The van der Waals surface area contributed by atoms with Gasteiger partial charge in [0, 0.05) is 0 Å². The van der Waals surface area contributed by atoms with E-state index < -0.39 is 0 Å². The average molecular weight is 495 g/mol. The Morgan fingerprint density at radius 2 is 0.649 bits per heavy atom. The van der Waals surface area contributed by atoms with Crippen LogP contribution in [0.4, 0.5) is 0 Å². The Morgan fingerprint density at radius 3 is 0.919 bits per heavy atom. The molecule has 12 aliphatic rings. The summed E-state index contributed by atoms with van der Waals surface area (Å²) >= 11 is 0. The molecule has 0 aliphatic heterocycles. The molecule has 12 aliphatic carbocycles. The summed E-state index contributed by atoms with van der Waals surface area (Å²) in [6, 6.07) is 5.92. The predicted octanol–water partition coefficient (Wildman–Crippen LogP) is 9.40. The van der Waals surface area contributed by atoms with Gasteiger partial charge in [-0.1, -0.05) is 12.1 Å². The molecule has 1 aromatic carbocycles. The second-order valence-electron chi connectivity index (χ2n) is 17.8. The van der Waals surface area contributed by atoms with Crippen LogP contribution in [0.5, 0.6) is 0 Å². The van der Waals surface area contributed by atoms with E-state index >= 15 is 0 Å². The minimum Gasteiger partial charge on any atom is -0.0544 e. The Morgan fingerprint density at radius 1 is 0.405 bits per heavy atom. The van der Waals surface area contributed by atoms with Crippen LogP contribution in [0, 0.1) is 60.2 Å². The Bertz CT molecular complexity index is 978. The maximum Gasteiger partial charge on any atom is -0.00362 e.